The fourth-order valence-electron chi connectivity index (χ4n) is 9.58. The maximum atomic E-state index is 5.31. The molecule has 12 aromatic rings. The highest BCUT2D eigenvalue weighted by molar-refractivity contribution is 8.00. The van der Waals surface area contributed by atoms with E-state index in [4.69, 9.17) is 49.8 Å². The average Bonchev–Trinajstić information content (AvgIpc) is 3.51. The van der Waals surface area contributed by atoms with Crippen molar-refractivity contribution in [2.24, 2.45) is 0 Å². The highest BCUT2D eigenvalue weighted by atomic mass is 32.2. The van der Waals surface area contributed by atoms with Crippen molar-refractivity contribution in [2.45, 2.75) is 19.6 Å². The number of benzene rings is 6. The van der Waals surface area contributed by atoms with Gasteiger partial charge in [0.15, 0.2) is 34.9 Å². The zero-order valence-electron chi connectivity index (χ0n) is 40.1. The molecule has 8 heterocycles. The Morgan fingerprint density at radius 3 is 0.816 bits per heavy atom. The molecule has 0 saturated carbocycles. The quantitative estimate of drug-likeness (QED) is 0.136. The number of hydrogen-bond acceptors (Lipinski definition) is 14. The molecule has 0 saturated heterocycles. The van der Waals surface area contributed by atoms with Crippen LogP contribution in [-0.4, -0.2) is 49.8 Å². The SMILES string of the molecule is c1ccc(-c2nc(-c3ccccn3)nc(-c3cc(N4c5ccccc5Sc5ccccc54)ccc3-c3ccc(N4c5ccccc5Sc5ccccc54)cc3-c3nc(-c4ccccn4)nc(-c4ccccn4)n3)n2)nc1. The highest BCUT2D eigenvalue weighted by Gasteiger charge is 2.30. The Labute approximate surface area is 445 Å². The average molecular weight is 1020 g/mol. The number of fused-ring (bicyclic) bond motifs is 4. The van der Waals surface area contributed by atoms with E-state index in [0.717, 1.165) is 76.0 Å². The van der Waals surface area contributed by atoms with E-state index in [0.29, 0.717) is 57.7 Å². The summed E-state index contributed by atoms with van der Waals surface area (Å²) >= 11 is 3.52. The van der Waals surface area contributed by atoms with E-state index in [1.54, 1.807) is 48.3 Å². The first-order valence-corrected chi connectivity index (χ1v) is 26.1. The molecule has 12 nitrogen and oxygen atoms in total. The first-order valence-electron chi connectivity index (χ1n) is 24.5. The maximum absolute atomic E-state index is 5.31. The molecule has 0 amide bonds. The van der Waals surface area contributed by atoms with Gasteiger partial charge in [0.2, 0.25) is 0 Å². The summed E-state index contributed by atoms with van der Waals surface area (Å²) < 4.78 is 0. The van der Waals surface area contributed by atoms with Gasteiger partial charge in [-0.05, 0) is 132 Å². The van der Waals surface area contributed by atoms with Gasteiger partial charge in [-0.25, -0.2) is 29.9 Å². The Balaban J connectivity index is 1.07. The molecule has 0 unspecified atom stereocenters. The molecular formula is C62H38N12S2. The Hall–Kier alpha value is -9.76. The molecule has 0 N–H and O–H groups in total. The van der Waals surface area contributed by atoms with E-state index in [1.165, 1.54) is 0 Å². The molecule has 14 rings (SSSR count). The lowest BCUT2D eigenvalue weighted by Crippen LogP contribution is -2.15. The zero-order chi connectivity index (χ0) is 50.4. The number of anilines is 6. The molecule has 2 aliphatic heterocycles. The lowest BCUT2D eigenvalue weighted by Gasteiger charge is -2.33. The molecule has 0 radical (unpaired) electrons. The largest absolute Gasteiger partial charge is 0.308 e. The van der Waals surface area contributed by atoms with Crippen LogP contribution in [0.4, 0.5) is 34.1 Å². The fourth-order valence-corrected chi connectivity index (χ4v) is 11.7. The lowest BCUT2D eigenvalue weighted by atomic mass is 9.92. The van der Waals surface area contributed by atoms with Gasteiger partial charge >= 0.3 is 0 Å². The van der Waals surface area contributed by atoms with Gasteiger partial charge < -0.3 is 9.80 Å². The van der Waals surface area contributed by atoms with E-state index in [1.807, 2.05) is 72.8 Å². The fraction of sp³-hybridized carbons (Fsp3) is 0. The highest BCUT2D eigenvalue weighted by Crippen LogP contribution is 2.54. The molecule has 6 aromatic heterocycles. The summed E-state index contributed by atoms with van der Waals surface area (Å²) in [5.41, 5.74) is 11.5. The third kappa shape index (κ3) is 8.27. The molecule has 0 atom stereocenters. The minimum atomic E-state index is 0.404. The van der Waals surface area contributed by atoms with Crippen LogP contribution in [0.25, 0.3) is 80.0 Å². The first kappa shape index (κ1) is 44.9. The number of nitrogens with zero attached hydrogens (tertiary/aromatic N) is 12. The van der Waals surface area contributed by atoms with Crippen molar-refractivity contribution in [3.63, 3.8) is 0 Å². The standard InChI is InChI=1S/C62H38N12S2/c1-5-25-53-49(21-1)73(50-22-2-6-26-54(50)75-53)39-29-31-41(43(37-39)57-67-59(45-17-9-13-33-63-45)71-60(68-57)46-18-10-14-34-64-46)42-32-30-40(74-51-23-3-7-27-55(51)76-56-28-8-4-24-52(56)74)38-44(42)58-69-61(47-19-11-15-35-65-47)72-62(70-58)48-20-12-16-36-66-48/h1-38H. The van der Waals surface area contributed by atoms with Gasteiger partial charge in [-0.15, -0.1) is 0 Å². The van der Waals surface area contributed by atoms with E-state index >= 15 is 0 Å². The third-order valence-electron chi connectivity index (χ3n) is 13.0. The van der Waals surface area contributed by atoms with Crippen LogP contribution in [0.15, 0.2) is 251 Å². The van der Waals surface area contributed by atoms with Gasteiger partial charge in [0.25, 0.3) is 0 Å². The topological polar surface area (TPSA) is 135 Å². The van der Waals surface area contributed by atoms with Gasteiger partial charge in [0.1, 0.15) is 22.8 Å². The van der Waals surface area contributed by atoms with Gasteiger partial charge in [-0.3, -0.25) is 19.9 Å². The summed E-state index contributed by atoms with van der Waals surface area (Å²) in [5.74, 6) is 2.46. The Morgan fingerprint density at radius 2 is 0.526 bits per heavy atom. The molecule has 0 fully saturated rings. The zero-order valence-corrected chi connectivity index (χ0v) is 41.8. The molecule has 2 aliphatic rings. The summed E-state index contributed by atoms with van der Waals surface area (Å²) in [6.45, 7) is 0. The third-order valence-corrected chi connectivity index (χ3v) is 15.3. The second-order valence-corrected chi connectivity index (χ2v) is 19.8. The summed E-state index contributed by atoms with van der Waals surface area (Å²) in [6.07, 6.45) is 6.97. The van der Waals surface area contributed by atoms with Crippen molar-refractivity contribution in [3.8, 4) is 80.0 Å². The van der Waals surface area contributed by atoms with Crippen molar-refractivity contribution < 1.29 is 0 Å². The summed E-state index contributed by atoms with van der Waals surface area (Å²) in [4.78, 5) is 59.3. The molecular weight excluding hydrogens is 977 g/mol. The number of rotatable bonds is 9. The van der Waals surface area contributed by atoms with Gasteiger partial charge in [0, 0.05) is 66.9 Å². The van der Waals surface area contributed by atoms with Crippen molar-refractivity contribution in [1.82, 2.24) is 49.8 Å². The van der Waals surface area contributed by atoms with Gasteiger partial charge in [-0.2, -0.15) is 0 Å². The van der Waals surface area contributed by atoms with E-state index in [-0.39, 0.29) is 0 Å². The van der Waals surface area contributed by atoms with E-state index < -0.39 is 0 Å². The van der Waals surface area contributed by atoms with Crippen LogP contribution in [0.1, 0.15) is 0 Å². The predicted molar refractivity (Wildman–Crippen MR) is 300 cm³/mol. The summed E-state index contributed by atoms with van der Waals surface area (Å²) in [5, 5.41) is 0. The number of aromatic nitrogens is 10. The Bertz CT molecular complexity index is 3680. The molecule has 358 valence electrons. The van der Waals surface area contributed by atoms with E-state index in [2.05, 4.69) is 143 Å². The van der Waals surface area contributed by atoms with Crippen molar-refractivity contribution >= 4 is 57.6 Å². The molecule has 0 bridgehead atoms. The smallest absolute Gasteiger partial charge is 0.182 e. The summed E-state index contributed by atoms with van der Waals surface area (Å²) in [6, 6.07) is 69.9. The van der Waals surface area contributed by atoms with Crippen LogP contribution in [-0.2, 0) is 0 Å². The summed E-state index contributed by atoms with van der Waals surface area (Å²) in [7, 11) is 0. The predicted octanol–water partition coefficient (Wildman–Crippen LogP) is 15.2. The van der Waals surface area contributed by atoms with Crippen LogP contribution in [0.5, 0.6) is 0 Å². The molecule has 14 heteroatoms. The molecule has 76 heavy (non-hydrogen) atoms. The minimum Gasteiger partial charge on any atom is -0.308 e. The number of hydrogen-bond donors (Lipinski definition) is 0. The molecule has 0 spiro atoms. The van der Waals surface area contributed by atoms with E-state index in [9.17, 15) is 0 Å². The monoisotopic (exact) mass is 1010 g/mol. The number of para-hydroxylation sites is 4. The van der Waals surface area contributed by atoms with Crippen molar-refractivity contribution in [2.75, 3.05) is 9.80 Å². The first-order chi connectivity index (χ1) is 37.7. The van der Waals surface area contributed by atoms with Crippen LogP contribution in [0, 0.1) is 0 Å². The van der Waals surface area contributed by atoms with Gasteiger partial charge in [-0.1, -0.05) is 108 Å². The second-order valence-electron chi connectivity index (χ2n) is 17.7. The normalized spacial score (nSPS) is 12.3. The maximum Gasteiger partial charge on any atom is 0.182 e. The van der Waals surface area contributed by atoms with Crippen LogP contribution in [0.2, 0.25) is 0 Å². The minimum absolute atomic E-state index is 0.404. The lowest BCUT2D eigenvalue weighted by molar-refractivity contribution is 1.04. The molecule has 6 aromatic carbocycles. The Kier molecular flexibility index (Phi) is 11.4. The second kappa shape index (κ2) is 19.3. The van der Waals surface area contributed by atoms with Crippen LogP contribution in [0.3, 0.4) is 0 Å². The molecule has 0 aliphatic carbocycles. The van der Waals surface area contributed by atoms with Crippen molar-refractivity contribution in [1.29, 1.82) is 0 Å². The Morgan fingerprint density at radius 1 is 0.250 bits per heavy atom. The van der Waals surface area contributed by atoms with Crippen LogP contribution >= 0.6 is 23.5 Å². The number of pyridine rings is 4. The van der Waals surface area contributed by atoms with Crippen LogP contribution < -0.4 is 9.80 Å². The van der Waals surface area contributed by atoms with Gasteiger partial charge in [0.05, 0.1) is 22.7 Å². The van der Waals surface area contributed by atoms with Crippen molar-refractivity contribution in [3.05, 3.63) is 231 Å².